The van der Waals surface area contributed by atoms with Crippen LogP contribution in [0.1, 0.15) is 31.4 Å². The predicted molar refractivity (Wildman–Crippen MR) is 106 cm³/mol. The molecule has 170 valence electrons. The second kappa shape index (κ2) is 9.84. The molecule has 2 N–H and O–H groups in total. The number of alkyl halides is 2. The standard InChI is InChI=1S/C21H26F2N2O6/c1-12-6-13(4-5-16(12)31-14(8-22)9-23)11-25-20(30)18(15(26)7-21(25,2)3)19(29)24-10-17(27)28/h4-6,14,18H,7-11H2,1-3H3,(H,24,29)(H,27,28). The zero-order valence-electron chi connectivity index (χ0n) is 17.6. The third-order valence-electron chi connectivity index (χ3n) is 5.07. The van der Waals surface area contributed by atoms with E-state index in [1.165, 1.54) is 4.90 Å². The Kier molecular flexibility index (Phi) is 7.70. The fourth-order valence-corrected chi connectivity index (χ4v) is 3.44. The molecule has 0 aliphatic carbocycles. The van der Waals surface area contributed by atoms with Gasteiger partial charge in [-0.1, -0.05) is 12.1 Å². The minimum Gasteiger partial charge on any atom is -0.485 e. The molecule has 1 unspecified atom stereocenters. The molecule has 31 heavy (non-hydrogen) atoms. The molecule has 1 atom stereocenters. The number of piperidine rings is 1. The van der Waals surface area contributed by atoms with Crippen molar-refractivity contribution in [3.8, 4) is 5.75 Å². The van der Waals surface area contributed by atoms with Crippen LogP contribution < -0.4 is 10.1 Å². The van der Waals surface area contributed by atoms with Crippen LogP contribution in [0.4, 0.5) is 8.78 Å². The lowest BCUT2D eigenvalue weighted by Crippen LogP contribution is -2.60. The van der Waals surface area contributed by atoms with Crippen LogP contribution in [0, 0.1) is 12.8 Å². The maximum Gasteiger partial charge on any atom is 0.322 e. The van der Waals surface area contributed by atoms with Crippen molar-refractivity contribution in [2.45, 2.75) is 45.4 Å². The van der Waals surface area contributed by atoms with E-state index in [-0.39, 0.29) is 13.0 Å². The van der Waals surface area contributed by atoms with E-state index in [4.69, 9.17) is 9.84 Å². The molecule has 10 heteroatoms. The number of hydrogen-bond donors (Lipinski definition) is 2. The van der Waals surface area contributed by atoms with Crippen molar-refractivity contribution in [2.24, 2.45) is 5.92 Å². The average molecular weight is 440 g/mol. The summed E-state index contributed by atoms with van der Waals surface area (Å²) in [7, 11) is 0. The van der Waals surface area contributed by atoms with E-state index >= 15 is 0 Å². The Bertz CT molecular complexity index is 869. The summed E-state index contributed by atoms with van der Waals surface area (Å²) in [6, 6.07) is 4.88. The molecular weight excluding hydrogens is 414 g/mol. The molecule has 1 fully saturated rings. The van der Waals surface area contributed by atoms with Gasteiger partial charge >= 0.3 is 5.97 Å². The lowest BCUT2D eigenvalue weighted by Gasteiger charge is -2.44. The Balaban J connectivity index is 2.22. The van der Waals surface area contributed by atoms with Crippen molar-refractivity contribution in [3.05, 3.63) is 29.3 Å². The first-order valence-corrected chi connectivity index (χ1v) is 9.72. The number of nitrogens with one attached hydrogen (secondary N) is 1. The van der Waals surface area contributed by atoms with Gasteiger partial charge in [0, 0.05) is 18.5 Å². The number of hydrogen-bond acceptors (Lipinski definition) is 5. The number of halogens is 2. The Hall–Kier alpha value is -3.04. The minimum atomic E-state index is -1.61. The van der Waals surface area contributed by atoms with Gasteiger partial charge in [0.2, 0.25) is 11.8 Å². The summed E-state index contributed by atoms with van der Waals surface area (Å²) in [5, 5.41) is 10.8. The van der Waals surface area contributed by atoms with E-state index in [2.05, 4.69) is 5.32 Å². The van der Waals surface area contributed by atoms with E-state index in [1.807, 2.05) is 0 Å². The number of rotatable bonds is 9. The molecule has 0 saturated carbocycles. The Morgan fingerprint density at radius 3 is 2.48 bits per heavy atom. The number of aliphatic carboxylic acids is 1. The summed E-state index contributed by atoms with van der Waals surface area (Å²) in [5.41, 5.74) is 0.412. The molecule has 1 aliphatic rings. The Morgan fingerprint density at radius 1 is 1.29 bits per heavy atom. The quantitative estimate of drug-likeness (QED) is 0.564. The van der Waals surface area contributed by atoms with Crippen molar-refractivity contribution in [3.63, 3.8) is 0 Å². The molecule has 2 amide bonds. The van der Waals surface area contributed by atoms with Crippen molar-refractivity contribution in [2.75, 3.05) is 19.9 Å². The van der Waals surface area contributed by atoms with Crippen LogP contribution in [0.5, 0.6) is 5.75 Å². The number of aryl methyl sites for hydroxylation is 1. The number of carboxylic acids is 1. The van der Waals surface area contributed by atoms with Gasteiger partial charge in [-0.2, -0.15) is 0 Å². The van der Waals surface area contributed by atoms with Crippen LogP contribution in [0.25, 0.3) is 0 Å². The van der Waals surface area contributed by atoms with E-state index in [0.717, 1.165) is 0 Å². The number of likely N-dealkylation sites (tertiary alicyclic amines) is 1. The molecule has 8 nitrogen and oxygen atoms in total. The van der Waals surface area contributed by atoms with Crippen molar-refractivity contribution in [1.82, 2.24) is 10.2 Å². The van der Waals surface area contributed by atoms with Crippen LogP contribution in [0.2, 0.25) is 0 Å². The second-order valence-corrected chi connectivity index (χ2v) is 8.07. The highest BCUT2D eigenvalue weighted by Crippen LogP contribution is 2.32. The van der Waals surface area contributed by atoms with E-state index < -0.39 is 61.0 Å². The molecule has 0 radical (unpaired) electrons. The number of carbonyl (C=O) groups is 4. The number of ether oxygens (including phenoxy) is 1. The maximum atomic E-state index is 13.0. The number of carboxylic acid groups (broad SMARTS) is 1. The first-order chi connectivity index (χ1) is 14.5. The molecular formula is C21H26F2N2O6. The van der Waals surface area contributed by atoms with E-state index in [0.29, 0.717) is 16.9 Å². The van der Waals surface area contributed by atoms with Gasteiger partial charge in [-0.3, -0.25) is 19.2 Å². The third kappa shape index (κ3) is 5.77. The lowest BCUT2D eigenvalue weighted by molar-refractivity contribution is -0.158. The fraction of sp³-hybridized carbons (Fsp3) is 0.524. The van der Waals surface area contributed by atoms with Gasteiger partial charge in [-0.05, 0) is 38.0 Å². The van der Waals surface area contributed by atoms with Crippen LogP contribution in [-0.4, -0.2) is 65.1 Å². The number of Topliss-reactive ketones (excluding diaryl/α,β-unsaturated/α-hetero) is 1. The summed E-state index contributed by atoms with van der Waals surface area (Å²) in [6.45, 7) is 2.55. The third-order valence-corrected chi connectivity index (χ3v) is 5.07. The highest BCUT2D eigenvalue weighted by Gasteiger charge is 2.48. The van der Waals surface area contributed by atoms with Gasteiger partial charge in [-0.15, -0.1) is 0 Å². The number of nitrogens with zero attached hydrogens (tertiary/aromatic N) is 1. The summed E-state index contributed by atoms with van der Waals surface area (Å²) in [5.74, 6) is -4.81. The smallest absolute Gasteiger partial charge is 0.322 e. The topological polar surface area (TPSA) is 113 Å². The van der Waals surface area contributed by atoms with Gasteiger partial charge in [0.15, 0.2) is 17.8 Å². The van der Waals surface area contributed by atoms with Gasteiger partial charge in [-0.25, -0.2) is 8.78 Å². The highest BCUT2D eigenvalue weighted by molar-refractivity contribution is 6.20. The average Bonchev–Trinajstić information content (AvgIpc) is 2.68. The van der Waals surface area contributed by atoms with Crippen molar-refractivity contribution in [1.29, 1.82) is 0 Å². The number of amides is 2. The van der Waals surface area contributed by atoms with Crippen LogP contribution in [-0.2, 0) is 25.7 Å². The zero-order valence-corrected chi connectivity index (χ0v) is 17.6. The van der Waals surface area contributed by atoms with E-state index in [1.54, 1.807) is 39.0 Å². The maximum absolute atomic E-state index is 13.0. The second-order valence-electron chi connectivity index (χ2n) is 8.07. The molecule has 0 aromatic heterocycles. The number of carbonyl (C=O) groups excluding carboxylic acids is 3. The van der Waals surface area contributed by atoms with Gasteiger partial charge in [0.05, 0.1) is 0 Å². The summed E-state index contributed by atoms with van der Waals surface area (Å²) >= 11 is 0. The van der Waals surface area contributed by atoms with Crippen molar-refractivity contribution < 1.29 is 37.8 Å². The summed E-state index contributed by atoms with van der Waals surface area (Å²) < 4.78 is 30.7. The van der Waals surface area contributed by atoms with Gasteiger partial charge in [0.25, 0.3) is 0 Å². The van der Waals surface area contributed by atoms with E-state index in [9.17, 15) is 28.0 Å². The SMILES string of the molecule is Cc1cc(CN2C(=O)C(C(=O)NCC(=O)O)C(=O)CC2(C)C)ccc1OC(CF)CF. The van der Waals surface area contributed by atoms with Crippen LogP contribution >= 0.6 is 0 Å². The molecule has 0 spiro atoms. The Labute approximate surface area is 178 Å². The first kappa shape index (κ1) is 24.2. The molecule has 1 aromatic carbocycles. The van der Waals surface area contributed by atoms with Crippen molar-refractivity contribution >= 4 is 23.6 Å². The molecule has 2 rings (SSSR count). The van der Waals surface area contributed by atoms with Gasteiger partial charge < -0.3 is 20.1 Å². The molecule has 1 aliphatic heterocycles. The molecule has 1 aromatic rings. The monoisotopic (exact) mass is 440 g/mol. The molecule has 1 saturated heterocycles. The largest absolute Gasteiger partial charge is 0.485 e. The molecule has 0 bridgehead atoms. The first-order valence-electron chi connectivity index (χ1n) is 9.72. The normalized spacial score (nSPS) is 18.3. The fourth-order valence-electron chi connectivity index (χ4n) is 3.44. The predicted octanol–water partition coefficient (Wildman–Crippen LogP) is 1.58. The summed E-state index contributed by atoms with van der Waals surface area (Å²) in [6.07, 6.45) is -1.26. The molecule has 1 heterocycles. The van der Waals surface area contributed by atoms with Crippen LogP contribution in [0.15, 0.2) is 18.2 Å². The number of ketones is 1. The lowest BCUT2D eigenvalue weighted by atomic mass is 9.82. The Morgan fingerprint density at radius 2 is 1.94 bits per heavy atom. The summed E-state index contributed by atoms with van der Waals surface area (Å²) in [4.78, 5) is 49.8. The van der Waals surface area contributed by atoms with Gasteiger partial charge in [0.1, 0.15) is 25.6 Å². The minimum absolute atomic E-state index is 0.0707. The number of benzene rings is 1. The zero-order chi connectivity index (χ0) is 23.3. The van der Waals surface area contributed by atoms with Crippen LogP contribution in [0.3, 0.4) is 0 Å². The highest BCUT2D eigenvalue weighted by atomic mass is 19.1.